The van der Waals surface area contributed by atoms with Crippen molar-refractivity contribution >= 4 is 0 Å². The van der Waals surface area contributed by atoms with Crippen molar-refractivity contribution in [3.05, 3.63) is 0 Å². The molecule has 0 aliphatic rings. The second-order valence-electron chi connectivity index (χ2n) is 3.50. The molecule has 0 heterocycles. The third kappa shape index (κ3) is 11.6. The van der Waals surface area contributed by atoms with Gasteiger partial charge in [-0.3, -0.25) is 0 Å². The largest absolute Gasteiger partial charge is 0.389 e. The summed E-state index contributed by atoms with van der Waals surface area (Å²) in [5.74, 6) is 0. The first-order valence-corrected chi connectivity index (χ1v) is 5.28. The summed E-state index contributed by atoms with van der Waals surface area (Å²) >= 11 is 0. The first-order valence-electron chi connectivity index (χ1n) is 5.28. The lowest BCUT2D eigenvalue weighted by Gasteiger charge is -2.09. The van der Waals surface area contributed by atoms with Gasteiger partial charge in [0.1, 0.15) is 0 Å². The highest BCUT2D eigenvalue weighted by atomic mass is 19.4. The summed E-state index contributed by atoms with van der Waals surface area (Å²) in [5, 5.41) is 0. The van der Waals surface area contributed by atoms with Crippen molar-refractivity contribution in [2.24, 2.45) is 0 Å². The van der Waals surface area contributed by atoms with Crippen LogP contribution in [0.5, 0.6) is 0 Å². The molecule has 1 unspecified atom stereocenters. The van der Waals surface area contributed by atoms with E-state index in [1.165, 1.54) is 0 Å². The predicted molar refractivity (Wildman–Crippen MR) is 50.3 cm³/mol. The fraction of sp³-hybridized carbons (Fsp3) is 1.00. The fourth-order valence-corrected chi connectivity index (χ4v) is 1.14. The Labute approximate surface area is 87.8 Å². The molecule has 1 atom stereocenters. The average molecular weight is 230 g/mol. The minimum absolute atomic E-state index is 0.0734. The minimum Gasteiger partial charge on any atom is -0.348 e. The molecule has 0 aromatic rings. The Hall–Kier alpha value is -0.320. The molecule has 1 nitrogen and oxygen atoms in total. The molecular weight excluding hydrogens is 212 g/mol. The zero-order chi connectivity index (χ0) is 11.7. The number of rotatable bonds is 8. The van der Waals surface area contributed by atoms with Gasteiger partial charge in [-0.05, 0) is 19.3 Å². The first kappa shape index (κ1) is 14.7. The maximum absolute atomic E-state index is 12.8. The quantitative estimate of drug-likeness (QED) is 0.448. The van der Waals surface area contributed by atoms with Gasteiger partial charge in [0, 0.05) is 19.4 Å². The van der Waals surface area contributed by atoms with Crippen LogP contribution >= 0.6 is 0 Å². The zero-order valence-electron chi connectivity index (χ0n) is 8.95. The van der Waals surface area contributed by atoms with Gasteiger partial charge < -0.3 is 4.74 Å². The normalized spacial score (nSPS) is 14.2. The molecule has 0 saturated carbocycles. The lowest BCUT2D eigenvalue weighted by molar-refractivity contribution is -0.135. The van der Waals surface area contributed by atoms with Crippen molar-refractivity contribution < 1.29 is 22.3 Å². The Balaban J connectivity index is 3.23. The van der Waals surface area contributed by atoms with Crippen LogP contribution in [0.25, 0.3) is 0 Å². The Kier molecular flexibility index (Phi) is 7.74. The average Bonchev–Trinajstić information content (AvgIpc) is 2.12. The Morgan fingerprint density at radius 2 is 1.80 bits per heavy atom. The van der Waals surface area contributed by atoms with Crippen molar-refractivity contribution in [1.82, 2.24) is 0 Å². The molecule has 0 N–H and O–H groups in total. The van der Waals surface area contributed by atoms with Crippen molar-refractivity contribution in [1.29, 1.82) is 0 Å². The van der Waals surface area contributed by atoms with E-state index in [1.54, 1.807) is 0 Å². The number of ether oxygens (including phenoxy) is 1. The maximum atomic E-state index is 12.8. The molecule has 0 aromatic carbocycles. The lowest BCUT2D eigenvalue weighted by atomic mass is 10.1. The SMILES string of the molecule is CCCOC(F)CCCCCC(F)(F)F. The Morgan fingerprint density at radius 3 is 2.33 bits per heavy atom. The number of hydrogen-bond acceptors (Lipinski definition) is 1. The van der Waals surface area contributed by atoms with Gasteiger partial charge in [-0.15, -0.1) is 0 Å². The molecule has 0 spiro atoms. The molecule has 0 aliphatic heterocycles. The molecule has 0 radical (unpaired) electrons. The Bertz CT molecular complexity index is 147. The second kappa shape index (κ2) is 7.91. The van der Waals surface area contributed by atoms with Gasteiger partial charge in [-0.1, -0.05) is 13.3 Å². The molecule has 0 bridgehead atoms. The van der Waals surface area contributed by atoms with E-state index in [0.29, 0.717) is 19.4 Å². The van der Waals surface area contributed by atoms with Gasteiger partial charge in [-0.25, -0.2) is 4.39 Å². The van der Waals surface area contributed by atoms with E-state index in [1.807, 2.05) is 6.92 Å². The molecule has 0 saturated heterocycles. The van der Waals surface area contributed by atoms with Crippen molar-refractivity contribution in [3.8, 4) is 0 Å². The number of unbranched alkanes of at least 4 members (excludes halogenated alkanes) is 2. The predicted octanol–water partition coefficient (Wildman–Crippen LogP) is 4.22. The van der Waals surface area contributed by atoms with Crippen molar-refractivity contribution in [2.45, 2.75) is 58.0 Å². The molecular formula is C10H18F4O. The number of alkyl halides is 4. The van der Waals surface area contributed by atoms with Crippen LogP contribution in [0.3, 0.4) is 0 Å². The van der Waals surface area contributed by atoms with Crippen molar-refractivity contribution in [3.63, 3.8) is 0 Å². The highest BCUT2D eigenvalue weighted by Crippen LogP contribution is 2.23. The van der Waals surface area contributed by atoms with Crippen LogP contribution in [0.4, 0.5) is 17.6 Å². The molecule has 0 amide bonds. The molecule has 15 heavy (non-hydrogen) atoms. The van der Waals surface area contributed by atoms with E-state index >= 15 is 0 Å². The van der Waals surface area contributed by atoms with Gasteiger partial charge >= 0.3 is 6.18 Å². The van der Waals surface area contributed by atoms with Crippen LogP contribution in [-0.4, -0.2) is 19.1 Å². The highest BCUT2D eigenvalue weighted by molar-refractivity contribution is 4.52. The fourth-order valence-electron chi connectivity index (χ4n) is 1.14. The van der Waals surface area contributed by atoms with Gasteiger partial charge in [0.05, 0.1) is 0 Å². The van der Waals surface area contributed by atoms with Crippen LogP contribution in [0.1, 0.15) is 45.4 Å². The summed E-state index contributed by atoms with van der Waals surface area (Å²) in [4.78, 5) is 0. The zero-order valence-corrected chi connectivity index (χ0v) is 8.95. The van der Waals surface area contributed by atoms with Gasteiger partial charge in [0.2, 0.25) is 0 Å². The van der Waals surface area contributed by atoms with E-state index < -0.39 is 19.0 Å². The van der Waals surface area contributed by atoms with Crippen LogP contribution in [-0.2, 0) is 4.74 Å². The molecule has 0 rings (SSSR count). The standard InChI is InChI=1S/C10H18F4O/c1-2-8-15-9(11)6-4-3-5-7-10(12,13)14/h9H,2-8H2,1H3. The molecule has 92 valence electrons. The van der Waals surface area contributed by atoms with E-state index in [-0.39, 0.29) is 12.8 Å². The minimum atomic E-state index is -4.09. The molecule has 0 aliphatic carbocycles. The molecule has 0 aromatic heterocycles. The maximum Gasteiger partial charge on any atom is 0.389 e. The van der Waals surface area contributed by atoms with Gasteiger partial charge in [-0.2, -0.15) is 13.2 Å². The lowest BCUT2D eigenvalue weighted by Crippen LogP contribution is -2.08. The van der Waals surface area contributed by atoms with E-state index in [4.69, 9.17) is 4.74 Å². The molecule has 0 fully saturated rings. The third-order valence-electron chi connectivity index (χ3n) is 1.89. The van der Waals surface area contributed by atoms with Crippen LogP contribution in [0, 0.1) is 0 Å². The highest BCUT2D eigenvalue weighted by Gasteiger charge is 2.25. The van der Waals surface area contributed by atoms with Crippen LogP contribution in [0.15, 0.2) is 0 Å². The number of halogens is 4. The van der Waals surface area contributed by atoms with Crippen molar-refractivity contribution in [2.75, 3.05) is 6.61 Å². The monoisotopic (exact) mass is 230 g/mol. The smallest absolute Gasteiger partial charge is 0.348 e. The summed E-state index contributed by atoms with van der Waals surface area (Å²) < 4.78 is 52.7. The van der Waals surface area contributed by atoms with E-state index in [9.17, 15) is 17.6 Å². The first-order chi connectivity index (χ1) is 6.95. The van der Waals surface area contributed by atoms with Crippen LogP contribution < -0.4 is 0 Å². The van der Waals surface area contributed by atoms with Crippen LogP contribution in [0.2, 0.25) is 0 Å². The second-order valence-corrected chi connectivity index (χ2v) is 3.50. The summed E-state index contributed by atoms with van der Waals surface area (Å²) in [5.41, 5.74) is 0. The number of hydrogen-bond donors (Lipinski definition) is 0. The summed E-state index contributed by atoms with van der Waals surface area (Å²) in [7, 11) is 0. The van der Waals surface area contributed by atoms with Gasteiger partial charge in [0.15, 0.2) is 6.36 Å². The summed E-state index contributed by atoms with van der Waals surface area (Å²) in [6, 6.07) is 0. The van der Waals surface area contributed by atoms with E-state index in [0.717, 1.165) is 6.42 Å². The summed E-state index contributed by atoms with van der Waals surface area (Å²) in [6.45, 7) is 2.24. The topological polar surface area (TPSA) is 9.23 Å². The molecule has 5 heteroatoms. The van der Waals surface area contributed by atoms with Gasteiger partial charge in [0.25, 0.3) is 0 Å². The Morgan fingerprint density at radius 1 is 1.13 bits per heavy atom. The van der Waals surface area contributed by atoms with E-state index in [2.05, 4.69) is 0 Å². The third-order valence-corrected chi connectivity index (χ3v) is 1.89. The summed E-state index contributed by atoms with van der Waals surface area (Å²) in [6.07, 6.45) is -4.34.